The minimum atomic E-state index is -0.622. The number of amides is 2. The van der Waals surface area contributed by atoms with Crippen LogP contribution in [0.2, 0.25) is 5.02 Å². The molecule has 1 aliphatic rings. The number of para-hydroxylation sites is 2. The molecule has 4 rings (SSSR count). The summed E-state index contributed by atoms with van der Waals surface area (Å²) in [4.78, 5) is 25.6. The maximum atomic E-state index is 13.0. The third-order valence-corrected chi connectivity index (χ3v) is 4.88. The number of fused-ring (bicyclic) bond motifs is 2. The molecule has 0 unspecified atom stereocenters. The van der Waals surface area contributed by atoms with Crippen molar-refractivity contribution in [3.8, 4) is 17.2 Å². The largest absolute Gasteiger partial charge is 0.496 e. The standard InChI is InChI=1S/C22H17ClN2O4/c1-28-19-12-13(23)10-11-16(19)21(26)24-25-22(27)20-14-6-2-4-8-17(14)29-18-9-5-3-7-15(18)20/h2-12,20H,1H3,(H,24,26)(H,25,27). The number of halogens is 1. The molecule has 3 aromatic carbocycles. The van der Waals surface area contributed by atoms with E-state index in [2.05, 4.69) is 10.9 Å². The maximum Gasteiger partial charge on any atom is 0.273 e. The predicted octanol–water partition coefficient (Wildman–Crippen LogP) is 4.05. The average Bonchev–Trinajstić information content (AvgIpc) is 2.75. The van der Waals surface area contributed by atoms with Crippen molar-refractivity contribution < 1.29 is 19.1 Å². The van der Waals surface area contributed by atoms with E-state index in [9.17, 15) is 9.59 Å². The Morgan fingerprint density at radius 2 is 1.55 bits per heavy atom. The van der Waals surface area contributed by atoms with E-state index in [-0.39, 0.29) is 11.5 Å². The Kier molecular flexibility index (Phi) is 5.10. The highest BCUT2D eigenvalue weighted by Crippen LogP contribution is 2.43. The van der Waals surface area contributed by atoms with Crippen molar-refractivity contribution in [3.63, 3.8) is 0 Å². The van der Waals surface area contributed by atoms with Gasteiger partial charge in [-0.1, -0.05) is 48.0 Å². The van der Waals surface area contributed by atoms with Crippen molar-refractivity contribution in [1.82, 2.24) is 10.9 Å². The van der Waals surface area contributed by atoms with Gasteiger partial charge < -0.3 is 9.47 Å². The van der Waals surface area contributed by atoms with Gasteiger partial charge in [0, 0.05) is 16.1 Å². The lowest BCUT2D eigenvalue weighted by Crippen LogP contribution is -2.44. The minimum Gasteiger partial charge on any atom is -0.496 e. The lowest BCUT2D eigenvalue weighted by Gasteiger charge is -2.27. The summed E-state index contributed by atoms with van der Waals surface area (Å²) in [6.45, 7) is 0. The molecule has 0 spiro atoms. The maximum absolute atomic E-state index is 13.0. The molecule has 2 amide bonds. The molecule has 0 aliphatic carbocycles. The number of carbonyl (C=O) groups is 2. The Balaban J connectivity index is 1.57. The highest BCUT2D eigenvalue weighted by Gasteiger charge is 2.32. The van der Waals surface area contributed by atoms with Gasteiger partial charge in [0.2, 0.25) is 0 Å². The van der Waals surface area contributed by atoms with Gasteiger partial charge in [-0.15, -0.1) is 0 Å². The van der Waals surface area contributed by atoms with Gasteiger partial charge >= 0.3 is 0 Å². The van der Waals surface area contributed by atoms with Crippen LogP contribution in [0.3, 0.4) is 0 Å². The molecule has 0 saturated carbocycles. The van der Waals surface area contributed by atoms with Crippen LogP contribution in [0.15, 0.2) is 66.7 Å². The molecular formula is C22H17ClN2O4. The Bertz CT molecular complexity index is 1050. The zero-order valence-electron chi connectivity index (χ0n) is 15.4. The van der Waals surface area contributed by atoms with Crippen LogP contribution in [0.4, 0.5) is 0 Å². The summed E-state index contributed by atoms with van der Waals surface area (Å²) in [5.74, 6) is 0.0126. The van der Waals surface area contributed by atoms with E-state index in [1.165, 1.54) is 19.2 Å². The second kappa shape index (κ2) is 7.85. The van der Waals surface area contributed by atoms with Crippen molar-refractivity contribution in [2.45, 2.75) is 5.92 Å². The zero-order chi connectivity index (χ0) is 20.4. The summed E-state index contributed by atoms with van der Waals surface area (Å²) >= 11 is 5.93. The number of hydrogen-bond donors (Lipinski definition) is 2. The molecule has 1 aliphatic heterocycles. The molecule has 6 nitrogen and oxygen atoms in total. The summed E-state index contributed by atoms with van der Waals surface area (Å²) in [5, 5.41) is 0.442. The number of nitrogens with one attached hydrogen (secondary N) is 2. The molecule has 7 heteroatoms. The van der Waals surface area contributed by atoms with Crippen LogP contribution in [0, 0.1) is 0 Å². The molecule has 1 heterocycles. The number of ether oxygens (including phenoxy) is 2. The van der Waals surface area contributed by atoms with Crippen LogP contribution in [-0.2, 0) is 4.79 Å². The van der Waals surface area contributed by atoms with Crippen LogP contribution >= 0.6 is 11.6 Å². The molecular weight excluding hydrogens is 392 g/mol. The van der Waals surface area contributed by atoms with Gasteiger partial charge in [-0.05, 0) is 30.3 Å². The molecule has 2 N–H and O–H groups in total. The fourth-order valence-corrected chi connectivity index (χ4v) is 3.46. The third kappa shape index (κ3) is 3.62. The van der Waals surface area contributed by atoms with Crippen molar-refractivity contribution in [2.75, 3.05) is 7.11 Å². The molecule has 146 valence electrons. The SMILES string of the molecule is COc1cc(Cl)ccc1C(=O)NNC(=O)C1c2ccccc2Oc2ccccc21. The summed E-state index contributed by atoms with van der Waals surface area (Å²) < 4.78 is 11.1. The van der Waals surface area contributed by atoms with Gasteiger partial charge in [-0.2, -0.15) is 0 Å². The van der Waals surface area contributed by atoms with E-state index in [0.29, 0.717) is 22.3 Å². The fourth-order valence-electron chi connectivity index (χ4n) is 3.30. The number of benzene rings is 3. The van der Waals surface area contributed by atoms with Gasteiger partial charge in [0.1, 0.15) is 17.2 Å². The second-order valence-corrected chi connectivity index (χ2v) is 6.84. The zero-order valence-corrected chi connectivity index (χ0v) is 16.2. The summed E-state index contributed by atoms with van der Waals surface area (Å²) in [6, 6.07) is 19.3. The minimum absolute atomic E-state index is 0.255. The molecule has 0 aromatic heterocycles. The topological polar surface area (TPSA) is 76.7 Å². The van der Waals surface area contributed by atoms with Crippen molar-refractivity contribution in [3.05, 3.63) is 88.4 Å². The lowest BCUT2D eigenvalue weighted by atomic mass is 9.87. The average molecular weight is 409 g/mol. The van der Waals surface area contributed by atoms with Crippen molar-refractivity contribution in [1.29, 1.82) is 0 Å². The van der Waals surface area contributed by atoms with Gasteiger partial charge in [-0.3, -0.25) is 20.4 Å². The first-order valence-corrected chi connectivity index (χ1v) is 9.25. The quantitative estimate of drug-likeness (QED) is 0.641. The Morgan fingerprint density at radius 1 is 0.931 bits per heavy atom. The first kappa shape index (κ1) is 18.8. The molecule has 3 aromatic rings. The first-order valence-electron chi connectivity index (χ1n) is 8.88. The molecule has 0 radical (unpaired) electrons. The van der Waals surface area contributed by atoms with Gasteiger partial charge in [-0.25, -0.2) is 0 Å². The third-order valence-electron chi connectivity index (χ3n) is 4.65. The number of rotatable bonds is 3. The second-order valence-electron chi connectivity index (χ2n) is 6.40. The lowest BCUT2D eigenvalue weighted by molar-refractivity contribution is -0.122. The van der Waals surface area contributed by atoms with E-state index in [1.54, 1.807) is 6.07 Å². The summed E-state index contributed by atoms with van der Waals surface area (Å²) in [5.41, 5.74) is 6.67. The smallest absolute Gasteiger partial charge is 0.273 e. The van der Waals surface area contributed by atoms with E-state index >= 15 is 0 Å². The predicted molar refractivity (Wildman–Crippen MR) is 108 cm³/mol. The Morgan fingerprint density at radius 3 is 2.17 bits per heavy atom. The molecule has 0 bridgehead atoms. The highest BCUT2D eigenvalue weighted by molar-refractivity contribution is 6.30. The molecule has 0 atom stereocenters. The number of carbonyl (C=O) groups excluding carboxylic acids is 2. The number of hydrogen-bond acceptors (Lipinski definition) is 4. The van der Waals surface area contributed by atoms with Crippen molar-refractivity contribution >= 4 is 23.4 Å². The van der Waals surface area contributed by atoms with Gasteiger partial charge in [0.15, 0.2) is 0 Å². The highest BCUT2D eigenvalue weighted by atomic mass is 35.5. The molecule has 0 fully saturated rings. The summed E-state index contributed by atoms with van der Waals surface area (Å²) in [7, 11) is 1.44. The van der Waals surface area contributed by atoms with Crippen LogP contribution in [0.5, 0.6) is 17.2 Å². The van der Waals surface area contributed by atoms with Gasteiger partial charge in [0.05, 0.1) is 18.6 Å². The Labute approximate surface area is 172 Å². The number of hydrazine groups is 1. The van der Waals surface area contributed by atoms with E-state index in [1.807, 2.05) is 48.5 Å². The fraction of sp³-hybridized carbons (Fsp3) is 0.0909. The number of methoxy groups -OCH3 is 1. The van der Waals surface area contributed by atoms with Crippen molar-refractivity contribution in [2.24, 2.45) is 0 Å². The molecule has 0 saturated heterocycles. The van der Waals surface area contributed by atoms with Gasteiger partial charge in [0.25, 0.3) is 11.8 Å². The van der Waals surface area contributed by atoms with Crippen LogP contribution in [0.25, 0.3) is 0 Å². The van der Waals surface area contributed by atoms with Crippen LogP contribution < -0.4 is 20.3 Å². The van der Waals surface area contributed by atoms with E-state index in [4.69, 9.17) is 21.1 Å². The molecule has 29 heavy (non-hydrogen) atoms. The summed E-state index contributed by atoms with van der Waals surface area (Å²) in [6.07, 6.45) is 0. The van der Waals surface area contributed by atoms with Crippen LogP contribution in [-0.4, -0.2) is 18.9 Å². The van der Waals surface area contributed by atoms with E-state index < -0.39 is 11.8 Å². The monoisotopic (exact) mass is 408 g/mol. The normalized spacial score (nSPS) is 12.2. The van der Waals surface area contributed by atoms with E-state index in [0.717, 1.165) is 11.1 Å². The van der Waals surface area contributed by atoms with Crippen LogP contribution in [0.1, 0.15) is 27.4 Å². The first-order chi connectivity index (χ1) is 14.1. The Hall–Kier alpha value is -3.51.